The first-order chi connectivity index (χ1) is 19.2. The molecule has 0 aliphatic carbocycles. The molecule has 2 aliphatic heterocycles. The van der Waals surface area contributed by atoms with Crippen molar-refractivity contribution in [2.45, 2.75) is 13.2 Å². The molecule has 1 saturated heterocycles. The molecule has 0 atom stereocenters. The second-order valence-corrected chi connectivity index (χ2v) is 9.07. The predicted octanol–water partition coefficient (Wildman–Crippen LogP) is 4.28. The van der Waals surface area contributed by atoms with Gasteiger partial charge < -0.3 is 29.2 Å². The number of benzene rings is 2. The van der Waals surface area contributed by atoms with Gasteiger partial charge in [0.2, 0.25) is 11.9 Å². The van der Waals surface area contributed by atoms with Gasteiger partial charge in [-0.3, -0.25) is 4.79 Å². The maximum Gasteiger partial charge on any atom is 0.246 e. The van der Waals surface area contributed by atoms with Gasteiger partial charge in [0.15, 0.2) is 0 Å². The highest BCUT2D eigenvalue weighted by atomic mass is 16.5. The van der Waals surface area contributed by atoms with Gasteiger partial charge >= 0.3 is 0 Å². The average molecular weight is 529 g/mol. The van der Waals surface area contributed by atoms with Crippen LogP contribution in [-0.4, -0.2) is 66.9 Å². The lowest BCUT2D eigenvalue weighted by atomic mass is 10.1. The number of morpholine rings is 1. The van der Waals surface area contributed by atoms with Gasteiger partial charge in [-0.15, -0.1) is 0 Å². The molecule has 0 radical (unpaired) electrons. The molecule has 9 nitrogen and oxygen atoms in total. The molecule has 202 valence electrons. The molecule has 1 fully saturated rings. The van der Waals surface area contributed by atoms with E-state index in [1.165, 1.54) is 0 Å². The van der Waals surface area contributed by atoms with E-state index < -0.39 is 0 Å². The fraction of sp³-hybridized carbons (Fsp3) is 0.300. The lowest BCUT2D eigenvalue weighted by Crippen LogP contribution is -2.39. The minimum Gasteiger partial charge on any atom is -0.487 e. The normalized spacial score (nSPS) is 17.1. The number of aromatic nitrogens is 2. The summed E-state index contributed by atoms with van der Waals surface area (Å²) in [4.78, 5) is 23.3. The van der Waals surface area contributed by atoms with Crippen LogP contribution in [0.1, 0.15) is 11.1 Å². The summed E-state index contributed by atoms with van der Waals surface area (Å²) in [5.41, 5.74) is 4.51. The Morgan fingerprint density at radius 2 is 1.77 bits per heavy atom. The number of carbonyl (C=O) groups excluding carboxylic acids is 1. The molecule has 0 unspecified atom stereocenters. The third-order valence-electron chi connectivity index (χ3n) is 6.22. The van der Waals surface area contributed by atoms with Crippen molar-refractivity contribution in [1.29, 1.82) is 0 Å². The third kappa shape index (κ3) is 7.73. The van der Waals surface area contributed by atoms with Crippen LogP contribution in [0.4, 0.5) is 11.6 Å². The molecule has 3 aromatic rings. The van der Waals surface area contributed by atoms with Crippen LogP contribution < -0.4 is 10.1 Å². The van der Waals surface area contributed by atoms with Crippen molar-refractivity contribution in [2.24, 2.45) is 0 Å². The second-order valence-electron chi connectivity index (χ2n) is 9.07. The fourth-order valence-electron chi connectivity index (χ4n) is 4.21. The number of hydrogen-bond donors (Lipinski definition) is 1. The number of hydrogen-bond acceptors (Lipinski definition) is 8. The molecule has 6 bridgehead atoms. The average Bonchev–Trinajstić information content (AvgIpc) is 2.98. The first kappa shape index (κ1) is 26.6. The van der Waals surface area contributed by atoms with Crippen LogP contribution >= 0.6 is 0 Å². The van der Waals surface area contributed by atoms with Gasteiger partial charge in [-0.05, 0) is 41.5 Å². The van der Waals surface area contributed by atoms with Gasteiger partial charge in [0.25, 0.3) is 0 Å². The Balaban J connectivity index is 1.35. The van der Waals surface area contributed by atoms with Crippen LogP contribution in [0.2, 0.25) is 0 Å². The molecule has 0 spiro atoms. The van der Waals surface area contributed by atoms with E-state index in [0.717, 1.165) is 22.4 Å². The largest absolute Gasteiger partial charge is 0.487 e. The zero-order valence-corrected chi connectivity index (χ0v) is 21.8. The Bertz CT molecular complexity index is 1320. The maximum atomic E-state index is 12.4. The van der Waals surface area contributed by atoms with Crippen LogP contribution in [0, 0.1) is 0 Å². The van der Waals surface area contributed by atoms with E-state index in [4.69, 9.17) is 23.9 Å². The van der Waals surface area contributed by atoms with E-state index >= 15 is 0 Å². The summed E-state index contributed by atoms with van der Waals surface area (Å²) >= 11 is 0. The Kier molecular flexibility index (Phi) is 9.30. The summed E-state index contributed by atoms with van der Waals surface area (Å²) in [7, 11) is 0. The topological polar surface area (TPSA) is 95.0 Å². The molecular weight excluding hydrogens is 496 g/mol. The number of anilines is 2. The molecule has 1 N–H and O–H groups in total. The molecule has 3 heterocycles. The zero-order chi connectivity index (χ0) is 26.7. The van der Waals surface area contributed by atoms with Crippen molar-refractivity contribution in [2.75, 3.05) is 51.4 Å². The summed E-state index contributed by atoms with van der Waals surface area (Å²) in [6.45, 7) is 4.52. The number of nitrogens with one attached hydrogen (secondary N) is 1. The summed E-state index contributed by atoms with van der Waals surface area (Å²) in [5.74, 6) is 1.02. The van der Waals surface area contributed by atoms with E-state index in [9.17, 15) is 4.79 Å². The highest BCUT2D eigenvalue weighted by Gasteiger charge is 2.14. The molecule has 2 aromatic carbocycles. The Morgan fingerprint density at radius 3 is 2.59 bits per heavy atom. The Morgan fingerprint density at radius 1 is 0.974 bits per heavy atom. The van der Waals surface area contributed by atoms with E-state index in [1.54, 1.807) is 23.2 Å². The summed E-state index contributed by atoms with van der Waals surface area (Å²) in [5, 5.41) is 3.31. The van der Waals surface area contributed by atoms with Crippen LogP contribution in [0.5, 0.6) is 5.75 Å². The minimum atomic E-state index is -0.0395. The van der Waals surface area contributed by atoms with Crippen molar-refractivity contribution in [3.63, 3.8) is 0 Å². The van der Waals surface area contributed by atoms with Crippen LogP contribution in [0.3, 0.4) is 0 Å². The van der Waals surface area contributed by atoms with Gasteiger partial charge in [-0.2, -0.15) is 0 Å². The Hall–Kier alpha value is -4.05. The fourth-order valence-corrected chi connectivity index (χ4v) is 4.21. The lowest BCUT2D eigenvalue weighted by Gasteiger charge is -2.25. The molecule has 9 heteroatoms. The van der Waals surface area contributed by atoms with E-state index in [0.29, 0.717) is 70.1 Å². The highest BCUT2D eigenvalue weighted by molar-refractivity contribution is 5.87. The second kappa shape index (κ2) is 13.7. The SMILES string of the molecule is O=C(/C=C/COc1ccc2cc1Nc1nccc(n1)-c1cccc(c1)COC/C=C/COC2)N1CCOCC1. The van der Waals surface area contributed by atoms with Crippen molar-refractivity contribution >= 4 is 17.5 Å². The molecule has 39 heavy (non-hydrogen) atoms. The number of ether oxygens (including phenoxy) is 4. The molecular formula is C30H32N4O5. The maximum absolute atomic E-state index is 12.4. The number of fused-ring (bicyclic) bond motifs is 7. The lowest BCUT2D eigenvalue weighted by molar-refractivity contribution is -0.130. The number of amides is 1. The summed E-state index contributed by atoms with van der Waals surface area (Å²) in [6.07, 6.45) is 8.92. The van der Waals surface area contributed by atoms with E-state index in [-0.39, 0.29) is 12.5 Å². The van der Waals surface area contributed by atoms with Crippen molar-refractivity contribution in [1.82, 2.24) is 14.9 Å². The van der Waals surface area contributed by atoms with Crippen molar-refractivity contribution < 1.29 is 23.7 Å². The molecule has 1 amide bonds. The van der Waals surface area contributed by atoms with Gasteiger partial charge in [0.05, 0.1) is 51.0 Å². The summed E-state index contributed by atoms with van der Waals surface area (Å²) < 4.78 is 22.9. The molecule has 0 saturated carbocycles. The third-order valence-corrected chi connectivity index (χ3v) is 6.22. The van der Waals surface area contributed by atoms with Crippen molar-refractivity contribution in [3.05, 3.63) is 90.2 Å². The van der Waals surface area contributed by atoms with E-state index in [1.807, 2.05) is 54.6 Å². The first-order valence-electron chi connectivity index (χ1n) is 13.0. The summed E-state index contributed by atoms with van der Waals surface area (Å²) in [6, 6.07) is 15.8. The van der Waals surface area contributed by atoms with Gasteiger partial charge in [0, 0.05) is 30.9 Å². The van der Waals surface area contributed by atoms with Crippen LogP contribution in [-0.2, 0) is 32.2 Å². The van der Waals surface area contributed by atoms with Crippen LogP contribution in [0.15, 0.2) is 79.0 Å². The minimum absolute atomic E-state index is 0.0395. The van der Waals surface area contributed by atoms with Gasteiger partial charge in [-0.1, -0.05) is 36.4 Å². The zero-order valence-electron chi connectivity index (χ0n) is 21.8. The van der Waals surface area contributed by atoms with Gasteiger partial charge in [0.1, 0.15) is 12.4 Å². The number of carbonyl (C=O) groups is 1. The molecule has 5 rings (SSSR count). The predicted molar refractivity (Wildman–Crippen MR) is 148 cm³/mol. The van der Waals surface area contributed by atoms with E-state index in [2.05, 4.69) is 16.4 Å². The molecule has 1 aromatic heterocycles. The highest BCUT2D eigenvalue weighted by Crippen LogP contribution is 2.29. The molecule has 2 aliphatic rings. The Labute approximate surface area is 228 Å². The standard InChI is InChI=1S/C30H32N4O5/c35-29(34-12-17-36-18-13-34)7-4-16-39-28-9-8-24-20-27(28)33-30-31-11-10-26(32-30)25-6-3-5-23(19-25)21-37-14-1-2-15-38-22-24/h1-11,19-20H,12-18,21-22H2,(H,31,32,33)/b2-1+,7-4+. The van der Waals surface area contributed by atoms with Crippen LogP contribution in [0.25, 0.3) is 11.3 Å². The monoisotopic (exact) mass is 528 g/mol. The smallest absolute Gasteiger partial charge is 0.246 e. The van der Waals surface area contributed by atoms with Gasteiger partial charge in [-0.25, -0.2) is 9.97 Å². The first-order valence-corrected chi connectivity index (χ1v) is 13.0. The number of nitrogens with zero attached hydrogens (tertiary/aromatic N) is 3. The van der Waals surface area contributed by atoms with Crippen molar-refractivity contribution in [3.8, 4) is 17.0 Å². The quantitative estimate of drug-likeness (QED) is 0.396. The number of rotatable bonds is 4.